The molecular formula is C30H62. The van der Waals surface area contributed by atoms with Crippen LogP contribution in [0.4, 0.5) is 0 Å². The van der Waals surface area contributed by atoms with E-state index in [0.29, 0.717) is 0 Å². The molecule has 0 bridgehead atoms. The van der Waals surface area contributed by atoms with Gasteiger partial charge in [-0.3, -0.25) is 0 Å². The number of unbranched alkanes of at least 4 members (excludes halogenated alkanes) is 22. The van der Waals surface area contributed by atoms with Crippen LogP contribution in [0.2, 0.25) is 0 Å². The average molecular weight is 423 g/mol. The molecule has 0 aromatic carbocycles. The van der Waals surface area contributed by atoms with Gasteiger partial charge >= 0.3 is 0 Å². The zero-order valence-corrected chi connectivity index (χ0v) is 22.0. The van der Waals surface area contributed by atoms with Gasteiger partial charge in [0.1, 0.15) is 0 Å². The molecule has 30 heavy (non-hydrogen) atoms. The molecule has 0 heterocycles. The van der Waals surface area contributed by atoms with E-state index in [1.54, 1.807) is 0 Å². The normalized spacial score (nSPS) is 12.5. The summed E-state index contributed by atoms with van der Waals surface area (Å²) in [6.07, 6.45) is 38.3. The van der Waals surface area contributed by atoms with E-state index in [1.165, 1.54) is 167 Å². The van der Waals surface area contributed by atoms with E-state index >= 15 is 0 Å². The smallest absolute Gasteiger partial charge is 0.0443 e. The van der Waals surface area contributed by atoms with Crippen LogP contribution in [0.25, 0.3) is 0 Å². The van der Waals surface area contributed by atoms with Gasteiger partial charge in [-0.05, 0) is 5.92 Å². The molecule has 0 aliphatic carbocycles. The minimum atomic E-state index is 0.969. The number of hydrogen-bond donors (Lipinski definition) is 0. The maximum absolute atomic E-state index is 2.50. The van der Waals surface area contributed by atoms with Gasteiger partial charge in [0, 0.05) is 0 Å². The number of rotatable bonds is 26. The fourth-order valence-corrected chi connectivity index (χ4v) is 4.81. The predicted octanol–water partition coefficient (Wildman–Crippen LogP) is 11.8. The highest BCUT2D eigenvalue weighted by molar-refractivity contribution is 4.56. The standard InChI is InChI=1S/C30H62/c1-4-6-8-10-12-14-16-17-19-21-23-25-27-29-30(3)28-26-24-22-20-18-15-13-11-9-7-5-2/h30H,4-29H2,1-3H3. The van der Waals surface area contributed by atoms with Crippen molar-refractivity contribution in [3.8, 4) is 0 Å². The minimum absolute atomic E-state index is 0.969. The molecule has 0 radical (unpaired) electrons. The third-order valence-electron chi connectivity index (χ3n) is 7.10. The van der Waals surface area contributed by atoms with Gasteiger partial charge in [-0.1, -0.05) is 188 Å². The summed E-state index contributed by atoms with van der Waals surface area (Å²) in [6.45, 7) is 7.11. The van der Waals surface area contributed by atoms with Crippen molar-refractivity contribution in [3.63, 3.8) is 0 Å². The van der Waals surface area contributed by atoms with E-state index in [2.05, 4.69) is 20.8 Å². The SMILES string of the molecule is CCCCCCCCCCCCCCCC(C)CCCCCCCCCCCCC. The molecular weight excluding hydrogens is 360 g/mol. The van der Waals surface area contributed by atoms with Crippen LogP contribution in [-0.4, -0.2) is 0 Å². The van der Waals surface area contributed by atoms with Gasteiger partial charge in [-0.15, -0.1) is 0 Å². The van der Waals surface area contributed by atoms with Crippen molar-refractivity contribution in [1.82, 2.24) is 0 Å². The summed E-state index contributed by atoms with van der Waals surface area (Å²) < 4.78 is 0. The molecule has 0 aliphatic heterocycles. The van der Waals surface area contributed by atoms with Gasteiger partial charge < -0.3 is 0 Å². The Hall–Kier alpha value is 0. The zero-order chi connectivity index (χ0) is 22.0. The Bertz CT molecular complexity index is 282. The van der Waals surface area contributed by atoms with Crippen molar-refractivity contribution in [1.29, 1.82) is 0 Å². The molecule has 0 fully saturated rings. The molecule has 0 spiro atoms. The topological polar surface area (TPSA) is 0 Å². The Balaban J connectivity index is 3.12. The highest BCUT2D eigenvalue weighted by atomic mass is 14.1. The van der Waals surface area contributed by atoms with Crippen molar-refractivity contribution >= 4 is 0 Å². The van der Waals surface area contributed by atoms with E-state index in [9.17, 15) is 0 Å². The summed E-state index contributed by atoms with van der Waals surface area (Å²) in [5, 5.41) is 0. The fraction of sp³-hybridized carbons (Fsp3) is 1.00. The largest absolute Gasteiger partial charge is 0.0654 e. The summed E-state index contributed by atoms with van der Waals surface area (Å²) in [7, 11) is 0. The maximum atomic E-state index is 2.50. The van der Waals surface area contributed by atoms with Gasteiger partial charge in [-0.2, -0.15) is 0 Å². The molecule has 0 nitrogen and oxygen atoms in total. The third kappa shape index (κ3) is 26.0. The predicted molar refractivity (Wildman–Crippen MR) is 141 cm³/mol. The van der Waals surface area contributed by atoms with Crippen LogP contribution in [0, 0.1) is 5.92 Å². The molecule has 0 saturated carbocycles. The van der Waals surface area contributed by atoms with E-state index in [1.807, 2.05) is 0 Å². The zero-order valence-electron chi connectivity index (χ0n) is 22.0. The second-order valence-electron chi connectivity index (χ2n) is 10.5. The van der Waals surface area contributed by atoms with Gasteiger partial charge in [0.25, 0.3) is 0 Å². The molecule has 0 saturated heterocycles. The Morgan fingerprint density at radius 3 is 0.733 bits per heavy atom. The number of hydrogen-bond acceptors (Lipinski definition) is 0. The molecule has 0 N–H and O–H groups in total. The monoisotopic (exact) mass is 422 g/mol. The van der Waals surface area contributed by atoms with Gasteiger partial charge in [0.2, 0.25) is 0 Å². The first kappa shape index (κ1) is 30.0. The Labute approximate surface area is 193 Å². The van der Waals surface area contributed by atoms with Crippen LogP contribution < -0.4 is 0 Å². The van der Waals surface area contributed by atoms with Crippen molar-refractivity contribution in [2.24, 2.45) is 5.92 Å². The highest BCUT2D eigenvalue weighted by Gasteiger charge is 2.02. The van der Waals surface area contributed by atoms with Crippen LogP contribution >= 0.6 is 0 Å². The minimum Gasteiger partial charge on any atom is -0.0654 e. The molecule has 182 valence electrons. The Morgan fingerprint density at radius 1 is 0.300 bits per heavy atom. The van der Waals surface area contributed by atoms with Crippen LogP contribution in [0.5, 0.6) is 0 Å². The van der Waals surface area contributed by atoms with Gasteiger partial charge in [0.05, 0.1) is 0 Å². The molecule has 0 aromatic rings. The molecule has 0 rings (SSSR count). The molecule has 0 aromatic heterocycles. The Kier molecular flexibility index (Phi) is 27.0. The summed E-state index contributed by atoms with van der Waals surface area (Å²) in [5.74, 6) is 0.969. The summed E-state index contributed by atoms with van der Waals surface area (Å²) in [6, 6.07) is 0. The molecule has 0 aliphatic rings. The summed E-state index contributed by atoms with van der Waals surface area (Å²) in [4.78, 5) is 0. The van der Waals surface area contributed by atoms with E-state index < -0.39 is 0 Å². The van der Waals surface area contributed by atoms with Crippen LogP contribution in [-0.2, 0) is 0 Å². The van der Waals surface area contributed by atoms with E-state index in [-0.39, 0.29) is 0 Å². The molecule has 0 heteroatoms. The molecule has 1 unspecified atom stereocenters. The van der Waals surface area contributed by atoms with E-state index in [4.69, 9.17) is 0 Å². The van der Waals surface area contributed by atoms with Gasteiger partial charge in [-0.25, -0.2) is 0 Å². The molecule has 0 amide bonds. The second-order valence-corrected chi connectivity index (χ2v) is 10.5. The first-order valence-corrected chi connectivity index (χ1v) is 14.8. The Morgan fingerprint density at radius 2 is 0.500 bits per heavy atom. The van der Waals surface area contributed by atoms with Crippen molar-refractivity contribution in [2.75, 3.05) is 0 Å². The van der Waals surface area contributed by atoms with Crippen LogP contribution in [0.3, 0.4) is 0 Å². The first-order chi connectivity index (χ1) is 14.8. The average Bonchev–Trinajstić information content (AvgIpc) is 2.75. The molecule has 1 atom stereocenters. The van der Waals surface area contributed by atoms with Crippen LogP contribution in [0.1, 0.15) is 188 Å². The van der Waals surface area contributed by atoms with Crippen LogP contribution in [0.15, 0.2) is 0 Å². The summed E-state index contributed by atoms with van der Waals surface area (Å²) in [5.41, 5.74) is 0. The van der Waals surface area contributed by atoms with Gasteiger partial charge in [0.15, 0.2) is 0 Å². The quantitative estimate of drug-likeness (QED) is 0.122. The maximum Gasteiger partial charge on any atom is -0.0443 e. The lowest BCUT2D eigenvalue weighted by molar-refractivity contribution is 0.429. The lowest BCUT2D eigenvalue weighted by Gasteiger charge is -2.11. The third-order valence-corrected chi connectivity index (χ3v) is 7.10. The van der Waals surface area contributed by atoms with Crippen molar-refractivity contribution < 1.29 is 0 Å². The lowest BCUT2D eigenvalue weighted by atomic mass is 9.95. The van der Waals surface area contributed by atoms with E-state index in [0.717, 1.165) is 5.92 Å². The summed E-state index contributed by atoms with van der Waals surface area (Å²) >= 11 is 0. The fourth-order valence-electron chi connectivity index (χ4n) is 4.81. The van der Waals surface area contributed by atoms with Crippen molar-refractivity contribution in [2.45, 2.75) is 188 Å². The second kappa shape index (κ2) is 27.0. The highest BCUT2D eigenvalue weighted by Crippen LogP contribution is 2.19. The lowest BCUT2D eigenvalue weighted by Crippen LogP contribution is -1.95. The van der Waals surface area contributed by atoms with Crippen molar-refractivity contribution in [3.05, 3.63) is 0 Å². The first-order valence-electron chi connectivity index (χ1n) is 14.8.